The van der Waals surface area contributed by atoms with Gasteiger partial charge in [0.1, 0.15) is 5.82 Å². The van der Waals surface area contributed by atoms with Gasteiger partial charge in [0.25, 0.3) is 10.0 Å². The van der Waals surface area contributed by atoms with Crippen LogP contribution >= 0.6 is 0 Å². The molecular weight excluding hydrogens is 558 g/mol. The molecule has 0 aliphatic carbocycles. The zero-order valence-corrected chi connectivity index (χ0v) is 25.2. The number of sulfonamides is 1. The number of unbranched alkanes of at least 4 members (excludes halogenated alkanes) is 1. The Morgan fingerprint density at radius 3 is 2.33 bits per heavy atom. The highest BCUT2D eigenvalue weighted by molar-refractivity contribution is 7.92. The number of aryl methyl sites for hydroxylation is 2. The summed E-state index contributed by atoms with van der Waals surface area (Å²) in [7, 11) is -2.11. The van der Waals surface area contributed by atoms with Gasteiger partial charge in [-0.1, -0.05) is 80.1 Å². The number of H-pyrrole nitrogens is 1. The molecule has 0 radical (unpaired) electrons. The zero-order chi connectivity index (χ0) is 30.0. The minimum absolute atomic E-state index is 0.258. The molecule has 0 saturated carbocycles. The lowest BCUT2D eigenvalue weighted by Gasteiger charge is -2.20. The number of nitrogens with zero attached hydrogens (tertiary/aromatic N) is 6. The van der Waals surface area contributed by atoms with Crippen molar-refractivity contribution in [2.45, 2.75) is 44.6 Å². The number of nitrogens with one attached hydrogen (secondary N) is 1. The van der Waals surface area contributed by atoms with Crippen molar-refractivity contribution in [2.24, 2.45) is 0 Å². The highest BCUT2D eigenvalue weighted by Gasteiger charge is 2.23. The van der Waals surface area contributed by atoms with Crippen LogP contribution in [0.4, 0.5) is 5.69 Å². The minimum atomic E-state index is -3.72. The van der Waals surface area contributed by atoms with E-state index in [0.29, 0.717) is 18.1 Å². The molecule has 218 valence electrons. The Hall–Kier alpha value is -4.83. The Balaban J connectivity index is 1.37. The van der Waals surface area contributed by atoms with Gasteiger partial charge in [0.2, 0.25) is 5.82 Å². The number of hydrogen-bond acceptors (Lipinski definition) is 6. The molecule has 9 nitrogen and oxygen atoms in total. The second kappa shape index (κ2) is 11.8. The van der Waals surface area contributed by atoms with Crippen molar-refractivity contribution < 1.29 is 8.42 Å². The highest BCUT2D eigenvalue weighted by atomic mass is 32.2. The number of aromatic amines is 1. The molecule has 4 aromatic carbocycles. The van der Waals surface area contributed by atoms with Crippen molar-refractivity contribution >= 4 is 26.7 Å². The van der Waals surface area contributed by atoms with Gasteiger partial charge in [-0.3, -0.25) is 4.31 Å². The molecular formula is C33H33N7O2S. The molecule has 6 aromatic rings. The molecule has 0 atom stereocenters. The Morgan fingerprint density at radius 1 is 0.907 bits per heavy atom. The van der Waals surface area contributed by atoms with Crippen LogP contribution in [-0.2, 0) is 23.0 Å². The van der Waals surface area contributed by atoms with Crippen LogP contribution in [0.1, 0.15) is 36.7 Å². The number of benzene rings is 4. The van der Waals surface area contributed by atoms with Gasteiger partial charge >= 0.3 is 0 Å². The number of rotatable bonds is 10. The SMILES string of the molecule is CCCCc1nc2c(C)cc(N(C)S(=O)(=O)c3ccccc3)cc2n1Cc1ccc(-c2ccccc2-c2nn[nH]n2)cc1. The van der Waals surface area contributed by atoms with E-state index < -0.39 is 10.0 Å². The monoisotopic (exact) mass is 591 g/mol. The molecule has 0 unspecified atom stereocenters. The van der Waals surface area contributed by atoms with Crippen molar-refractivity contribution in [1.29, 1.82) is 0 Å². The summed E-state index contributed by atoms with van der Waals surface area (Å²) in [6.45, 7) is 4.77. The van der Waals surface area contributed by atoms with Crippen molar-refractivity contribution in [2.75, 3.05) is 11.4 Å². The quantitative estimate of drug-likeness (QED) is 0.197. The van der Waals surface area contributed by atoms with E-state index in [2.05, 4.69) is 62.4 Å². The van der Waals surface area contributed by atoms with E-state index in [-0.39, 0.29) is 4.90 Å². The third kappa shape index (κ3) is 5.53. The van der Waals surface area contributed by atoms with Crippen LogP contribution in [0.5, 0.6) is 0 Å². The van der Waals surface area contributed by atoms with Gasteiger partial charge in [0, 0.05) is 25.6 Å². The second-order valence-electron chi connectivity index (χ2n) is 10.6. The van der Waals surface area contributed by atoms with Gasteiger partial charge in [0.05, 0.1) is 21.6 Å². The summed E-state index contributed by atoms with van der Waals surface area (Å²) in [6.07, 6.45) is 2.91. The first-order valence-corrected chi connectivity index (χ1v) is 15.8. The second-order valence-corrected chi connectivity index (χ2v) is 12.6. The van der Waals surface area contributed by atoms with Crippen molar-refractivity contribution in [3.63, 3.8) is 0 Å². The van der Waals surface area contributed by atoms with E-state index in [1.54, 1.807) is 31.3 Å². The Morgan fingerprint density at radius 2 is 1.63 bits per heavy atom. The summed E-state index contributed by atoms with van der Waals surface area (Å²) in [4.78, 5) is 5.30. The fraction of sp³-hybridized carbons (Fsp3) is 0.212. The van der Waals surface area contributed by atoms with E-state index in [0.717, 1.165) is 63.9 Å². The molecule has 0 fully saturated rings. The van der Waals surface area contributed by atoms with Crippen LogP contribution in [0.15, 0.2) is 95.9 Å². The summed E-state index contributed by atoms with van der Waals surface area (Å²) < 4.78 is 30.5. The molecule has 0 aliphatic rings. The average Bonchev–Trinajstić information content (AvgIpc) is 3.69. The van der Waals surface area contributed by atoms with E-state index in [9.17, 15) is 8.42 Å². The summed E-state index contributed by atoms with van der Waals surface area (Å²) in [6, 6.07) is 28.8. The number of hydrogen-bond donors (Lipinski definition) is 1. The smallest absolute Gasteiger partial charge is 0.264 e. The number of fused-ring (bicyclic) bond motifs is 1. The van der Waals surface area contributed by atoms with Crippen LogP contribution in [0.25, 0.3) is 33.5 Å². The average molecular weight is 592 g/mol. The fourth-order valence-electron chi connectivity index (χ4n) is 5.37. The lowest BCUT2D eigenvalue weighted by atomic mass is 9.98. The number of aromatic nitrogens is 6. The standard InChI is InChI=1S/C33H33N7O2S/c1-4-5-15-31-34-32-23(2)20-26(39(3)43(41,42)27-11-7-6-8-12-27)21-30(32)40(31)22-24-16-18-25(19-17-24)28-13-9-10-14-29(28)33-35-37-38-36-33/h6-14,16-21H,4-5,15,22H2,1-3H3,(H,35,36,37,38). The summed E-state index contributed by atoms with van der Waals surface area (Å²) >= 11 is 0. The lowest BCUT2D eigenvalue weighted by Crippen LogP contribution is -2.26. The van der Waals surface area contributed by atoms with E-state index in [1.165, 1.54) is 4.31 Å². The molecule has 0 bridgehead atoms. The summed E-state index contributed by atoms with van der Waals surface area (Å²) in [5.74, 6) is 1.55. The Labute approximate surface area is 251 Å². The molecule has 2 heterocycles. The molecule has 0 amide bonds. The predicted molar refractivity (Wildman–Crippen MR) is 169 cm³/mol. The van der Waals surface area contributed by atoms with Crippen LogP contribution in [0.2, 0.25) is 0 Å². The Kier molecular flexibility index (Phi) is 7.77. The topological polar surface area (TPSA) is 110 Å². The van der Waals surface area contributed by atoms with Crippen molar-refractivity contribution in [3.8, 4) is 22.5 Å². The molecule has 6 rings (SSSR count). The van der Waals surface area contributed by atoms with Gasteiger partial charge in [0.15, 0.2) is 0 Å². The largest absolute Gasteiger partial charge is 0.323 e. The first kappa shape index (κ1) is 28.3. The van der Waals surface area contributed by atoms with Gasteiger partial charge < -0.3 is 4.57 Å². The maximum atomic E-state index is 13.4. The summed E-state index contributed by atoms with van der Waals surface area (Å²) in [5, 5.41) is 14.6. The predicted octanol–water partition coefficient (Wildman–Crippen LogP) is 6.41. The van der Waals surface area contributed by atoms with E-state index in [1.807, 2.05) is 43.3 Å². The van der Waals surface area contributed by atoms with Crippen LogP contribution in [-0.4, -0.2) is 45.6 Å². The number of tetrazole rings is 1. The van der Waals surface area contributed by atoms with Crippen molar-refractivity contribution in [3.05, 3.63) is 108 Å². The zero-order valence-electron chi connectivity index (χ0n) is 24.4. The number of imidazole rings is 1. The summed E-state index contributed by atoms with van der Waals surface area (Å²) in [5.41, 5.74) is 7.45. The lowest BCUT2D eigenvalue weighted by molar-refractivity contribution is 0.594. The maximum absolute atomic E-state index is 13.4. The van der Waals surface area contributed by atoms with Gasteiger partial charge in [-0.2, -0.15) is 5.21 Å². The molecule has 0 saturated heterocycles. The highest BCUT2D eigenvalue weighted by Crippen LogP contribution is 2.32. The van der Waals surface area contributed by atoms with Gasteiger partial charge in [-0.05, 0) is 65.1 Å². The third-order valence-corrected chi connectivity index (χ3v) is 9.55. The molecule has 2 aromatic heterocycles. The van der Waals surface area contributed by atoms with E-state index >= 15 is 0 Å². The van der Waals surface area contributed by atoms with Crippen LogP contribution in [0, 0.1) is 6.92 Å². The molecule has 0 aliphatic heterocycles. The maximum Gasteiger partial charge on any atom is 0.264 e. The first-order valence-electron chi connectivity index (χ1n) is 14.3. The van der Waals surface area contributed by atoms with Crippen molar-refractivity contribution in [1.82, 2.24) is 30.2 Å². The minimum Gasteiger partial charge on any atom is -0.323 e. The fourth-order valence-corrected chi connectivity index (χ4v) is 6.57. The number of anilines is 1. The third-order valence-electron chi connectivity index (χ3n) is 7.75. The molecule has 0 spiro atoms. The normalized spacial score (nSPS) is 11.7. The van der Waals surface area contributed by atoms with E-state index in [4.69, 9.17) is 4.98 Å². The molecule has 43 heavy (non-hydrogen) atoms. The van der Waals surface area contributed by atoms with Crippen LogP contribution < -0.4 is 4.31 Å². The van der Waals surface area contributed by atoms with Gasteiger partial charge in [-0.15, -0.1) is 10.2 Å². The van der Waals surface area contributed by atoms with Gasteiger partial charge in [-0.25, -0.2) is 13.4 Å². The Bertz CT molecular complexity index is 1970. The first-order chi connectivity index (χ1) is 20.9. The molecule has 1 N–H and O–H groups in total. The van der Waals surface area contributed by atoms with Crippen LogP contribution in [0.3, 0.4) is 0 Å². The molecule has 10 heteroatoms.